The van der Waals surface area contributed by atoms with Crippen molar-refractivity contribution in [2.75, 3.05) is 18.4 Å². The van der Waals surface area contributed by atoms with E-state index in [1.165, 1.54) is 0 Å². The van der Waals surface area contributed by atoms with Crippen LogP contribution in [-0.4, -0.2) is 34.0 Å². The molecule has 0 aliphatic heterocycles. The summed E-state index contributed by atoms with van der Waals surface area (Å²) in [6.45, 7) is 4.80. The second kappa shape index (κ2) is 10.1. The summed E-state index contributed by atoms with van der Waals surface area (Å²) in [5.41, 5.74) is -0.406. The van der Waals surface area contributed by atoms with Gasteiger partial charge in [-0.15, -0.1) is 0 Å². The molecular formula is C18H23F3N4O2. The summed E-state index contributed by atoms with van der Waals surface area (Å²) < 4.78 is 45.1. The summed E-state index contributed by atoms with van der Waals surface area (Å²) in [7, 11) is 0. The topological polar surface area (TPSA) is 71.3 Å². The first-order chi connectivity index (χ1) is 12.9. The quantitative estimate of drug-likeness (QED) is 0.633. The van der Waals surface area contributed by atoms with E-state index in [1.807, 2.05) is 6.92 Å². The van der Waals surface area contributed by atoms with E-state index in [-0.39, 0.29) is 13.1 Å². The van der Waals surface area contributed by atoms with Gasteiger partial charge in [-0.05, 0) is 31.5 Å². The van der Waals surface area contributed by atoms with Crippen molar-refractivity contribution in [3.8, 4) is 0 Å². The fourth-order valence-electron chi connectivity index (χ4n) is 2.53. The van der Waals surface area contributed by atoms with Crippen LogP contribution in [0, 0.1) is 17.5 Å². The lowest BCUT2D eigenvalue weighted by molar-refractivity contribution is -0.117. The van der Waals surface area contributed by atoms with Crippen LogP contribution in [0.15, 0.2) is 16.7 Å². The number of aryl methyl sites for hydroxylation is 1. The second-order valence-electron chi connectivity index (χ2n) is 6.19. The Labute approximate surface area is 155 Å². The average Bonchev–Trinajstić information content (AvgIpc) is 3.08. The van der Waals surface area contributed by atoms with E-state index in [4.69, 9.17) is 4.52 Å². The van der Waals surface area contributed by atoms with Crippen LogP contribution >= 0.6 is 0 Å². The number of rotatable bonds is 10. The molecule has 2 aromatic rings. The third-order valence-electron chi connectivity index (χ3n) is 3.84. The monoisotopic (exact) mass is 384 g/mol. The summed E-state index contributed by atoms with van der Waals surface area (Å²) in [5.74, 6) is -3.90. The molecule has 0 aliphatic rings. The molecule has 0 atom stereocenters. The molecule has 0 spiro atoms. The average molecular weight is 384 g/mol. The van der Waals surface area contributed by atoms with Crippen molar-refractivity contribution >= 4 is 11.6 Å². The van der Waals surface area contributed by atoms with E-state index in [9.17, 15) is 18.0 Å². The highest BCUT2D eigenvalue weighted by Gasteiger charge is 2.18. The van der Waals surface area contributed by atoms with Crippen LogP contribution in [-0.2, 0) is 17.8 Å². The van der Waals surface area contributed by atoms with Gasteiger partial charge in [-0.25, -0.2) is 13.2 Å². The van der Waals surface area contributed by atoms with Crippen molar-refractivity contribution in [1.29, 1.82) is 0 Å². The van der Waals surface area contributed by atoms with Gasteiger partial charge in [0.25, 0.3) is 0 Å². The van der Waals surface area contributed by atoms with Gasteiger partial charge in [0.05, 0.1) is 18.8 Å². The number of carbonyl (C=O) groups excluding carboxylic acids is 1. The zero-order valence-electron chi connectivity index (χ0n) is 15.4. The third-order valence-corrected chi connectivity index (χ3v) is 3.84. The largest absolute Gasteiger partial charge is 0.339 e. The zero-order valence-corrected chi connectivity index (χ0v) is 15.4. The minimum Gasteiger partial charge on any atom is -0.339 e. The number of unbranched alkanes of at least 4 members (excludes halogenated alkanes) is 1. The second-order valence-corrected chi connectivity index (χ2v) is 6.19. The van der Waals surface area contributed by atoms with E-state index < -0.39 is 29.0 Å². The molecule has 148 valence electrons. The zero-order chi connectivity index (χ0) is 19.8. The standard InChI is InChI=1S/C18H23F3N4O2/c1-3-5-6-16-23-14(24-27-16)10-25(9-4-2)11-15(26)22-13-8-7-12(19)17(20)18(13)21/h7-8H,3-6,9-11H2,1-2H3,(H,22,26). The van der Waals surface area contributed by atoms with Crippen LogP contribution in [0.2, 0.25) is 0 Å². The van der Waals surface area contributed by atoms with Gasteiger partial charge in [0.15, 0.2) is 23.3 Å². The van der Waals surface area contributed by atoms with Gasteiger partial charge in [-0.1, -0.05) is 25.4 Å². The highest BCUT2D eigenvalue weighted by Crippen LogP contribution is 2.19. The molecule has 0 unspecified atom stereocenters. The summed E-state index contributed by atoms with van der Waals surface area (Å²) in [4.78, 5) is 18.2. The van der Waals surface area contributed by atoms with Gasteiger partial charge in [0.2, 0.25) is 11.8 Å². The van der Waals surface area contributed by atoms with Gasteiger partial charge < -0.3 is 9.84 Å². The SMILES string of the molecule is CCCCc1nc(CN(CCC)CC(=O)Nc2ccc(F)c(F)c2F)no1. The molecule has 2 rings (SSSR count). The molecule has 1 N–H and O–H groups in total. The predicted octanol–water partition coefficient (Wildman–Crippen LogP) is 3.68. The maximum atomic E-state index is 13.7. The molecule has 1 aromatic heterocycles. The maximum absolute atomic E-state index is 13.7. The summed E-state index contributed by atoms with van der Waals surface area (Å²) in [6, 6.07) is 1.74. The van der Waals surface area contributed by atoms with Crippen molar-refractivity contribution < 1.29 is 22.5 Å². The van der Waals surface area contributed by atoms with Crippen LogP contribution in [0.25, 0.3) is 0 Å². The Balaban J connectivity index is 1.97. The maximum Gasteiger partial charge on any atom is 0.238 e. The highest BCUT2D eigenvalue weighted by molar-refractivity contribution is 5.92. The van der Waals surface area contributed by atoms with E-state index in [1.54, 1.807) is 4.90 Å². The Morgan fingerprint density at radius 3 is 2.67 bits per heavy atom. The first-order valence-corrected chi connectivity index (χ1v) is 8.91. The van der Waals surface area contributed by atoms with Crippen molar-refractivity contribution in [3.05, 3.63) is 41.3 Å². The lowest BCUT2D eigenvalue weighted by Gasteiger charge is -2.19. The number of hydrogen-bond acceptors (Lipinski definition) is 5. The number of nitrogens with zero attached hydrogens (tertiary/aromatic N) is 3. The first kappa shape index (κ1) is 20.9. The Kier molecular flexibility index (Phi) is 7.78. The number of aromatic nitrogens is 2. The van der Waals surface area contributed by atoms with Gasteiger partial charge in [-0.2, -0.15) is 4.98 Å². The number of benzene rings is 1. The molecule has 0 saturated carbocycles. The number of hydrogen-bond donors (Lipinski definition) is 1. The van der Waals surface area contributed by atoms with Gasteiger partial charge in [0.1, 0.15) is 0 Å². The van der Waals surface area contributed by atoms with Crippen molar-refractivity contribution in [1.82, 2.24) is 15.0 Å². The van der Waals surface area contributed by atoms with Crippen molar-refractivity contribution in [2.45, 2.75) is 46.1 Å². The van der Waals surface area contributed by atoms with E-state index in [0.717, 1.165) is 31.4 Å². The number of anilines is 1. The van der Waals surface area contributed by atoms with Gasteiger partial charge in [-0.3, -0.25) is 9.69 Å². The van der Waals surface area contributed by atoms with E-state index >= 15 is 0 Å². The Morgan fingerprint density at radius 1 is 1.19 bits per heavy atom. The fraction of sp³-hybridized carbons (Fsp3) is 0.500. The van der Waals surface area contributed by atoms with Crippen LogP contribution in [0.3, 0.4) is 0 Å². The van der Waals surface area contributed by atoms with Gasteiger partial charge in [0, 0.05) is 6.42 Å². The third kappa shape index (κ3) is 6.06. The van der Waals surface area contributed by atoms with Crippen LogP contribution in [0.1, 0.15) is 44.8 Å². The molecule has 0 saturated heterocycles. The molecule has 1 amide bonds. The normalized spacial score (nSPS) is 11.2. The molecule has 9 heteroatoms. The van der Waals surface area contributed by atoms with Gasteiger partial charge >= 0.3 is 0 Å². The minimum absolute atomic E-state index is 0.0783. The molecule has 1 aromatic carbocycles. The lowest BCUT2D eigenvalue weighted by Crippen LogP contribution is -2.34. The number of halogens is 3. The molecule has 0 fully saturated rings. The summed E-state index contributed by atoms with van der Waals surface area (Å²) >= 11 is 0. The fourth-order valence-corrected chi connectivity index (χ4v) is 2.53. The van der Waals surface area contributed by atoms with Crippen molar-refractivity contribution in [2.24, 2.45) is 0 Å². The number of amides is 1. The number of nitrogens with one attached hydrogen (secondary N) is 1. The molecule has 27 heavy (non-hydrogen) atoms. The molecule has 0 aliphatic carbocycles. The highest BCUT2D eigenvalue weighted by atomic mass is 19.2. The Morgan fingerprint density at radius 2 is 1.96 bits per heavy atom. The Hall–Kier alpha value is -2.42. The van der Waals surface area contributed by atoms with E-state index in [0.29, 0.717) is 24.7 Å². The lowest BCUT2D eigenvalue weighted by atomic mass is 10.2. The van der Waals surface area contributed by atoms with Crippen LogP contribution < -0.4 is 5.32 Å². The smallest absolute Gasteiger partial charge is 0.238 e. The minimum atomic E-state index is -1.62. The van der Waals surface area contributed by atoms with Crippen molar-refractivity contribution in [3.63, 3.8) is 0 Å². The van der Waals surface area contributed by atoms with E-state index in [2.05, 4.69) is 22.4 Å². The molecule has 1 heterocycles. The first-order valence-electron chi connectivity index (χ1n) is 8.91. The van der Waals surface area contributed by atoms with Crippen LogP contribution in [0.5, 0.6) is 0 Å². The molecular weight excluding hydrogens is 361 g/mol. The van der Waals surface area contributed by atoms with Crippen LogP contribution in [0.4, 0.5) is 18.9 Å². The molecule has 6 nitrogen and oxygen atoms in total. The summed E-state index contributed by atoms with van der Waals surface area (Å²) in [6.07, 6.45) is 3.43. The molecule has 0 radical (unpaired) electrons. The Bertz CT molecular complexity index is 767. The molecule has 0 bridgehead atoms. The number of carbonyl (C=O) groups is 1. The predicted molar refractivity (Wildman–Crippen MR) is 93.4 cm³/mol. The summed E-state index contributed by atoms with van der Waals surface area (Å²) in [5, 5.41) is 6.17.